The SMILES string of the molecule is Cn1c(NC(=O)CN2CCC(Oc3ccc(F)cc3)CC2)cc(=O)n(C)c1=O. The molecular weight excluding hydrogens is 367 g/mol. The van der Waals surface area contributed by atoms with E-state index in [0.29, 0.717) is 18.8 Å². The molecule has 1 amide bonds. The fourth-order valence-corrected chi connectivity index (χ4v) is 3.13. The summed E-state index contributed by atoms with van der Waals surface area (Å²) in [5.74, 6) is 0.208. The van der Waals surface area contributed by atoms with Crippen molar-refractivity contribution < 1.29 is 13.9 Å². The highest BCUT2D eigenvalue weighted by molar-refractivity contribution is 5.91. The molecular formula is C19H23FN4O4. The van der Waals surface area contributed by atoms with Gasteiger partial charge in [-0.2, -0.15) is 0 Å². The minimum absolute atomic E-state index is 0.0164. The van der Waals surface area contributed by atoms with Gasteiger partial charge in [0.2, 0.25) is 5.91 Å². The zero-order valence-corrected chi connectivity index (χ0v) is 15.9. The lowest BCUT2D eigenvalue weighted by Gasteiger charge is -2.31. The van der Waals surface area contributed by atoms with Gasteiger partial charge in [0.25, 0.3) is 5.56 Å². The second-order valence-corrected chi connectivity index (χ2v) is 6.86. The second kappa shape index (κ2) is 8.39. The first-order valence-electron chi connectivity index (χ1n) is 9.05. The number of rotatable bonds is 5. The number of carbonyl (C=O) groups excluding carboxylic acids is 1. The van der Waals surface area contributed by atoms with Crippen LogP contribution in [0, 0.1) is 5.82 Å². The standard InChI is InChI=1S/C19H23FN4O4/c1-22-16(11-18(26)23(2)19(22)27)21-17(25)12-24-9-7-15(8-10-24)28-14-5-3-13(20)4-6-14/h3-6,11,15H,7-10,12H2,1-2H3,(H,21,25). The van der Waals surface area contributed by atoms with Crippen molar-refractivity contribution in [1.82, 2.24) is 14.0 Å². The number of amides is 1. The van der Waals surface area contributed by atoms with E-state index in [9.17, 15) is 18.8 Å². The third-order valence-electron chi connectivity index (χ3n) is 4.81. The van der Waals surface area contributed by atoms with Gasteiger partial charge in [0.15, 0.2) is 0 Å². The minimum Gasteiger partial charge on any atom is -0.490 e. The maximum atomic E-state index is 12.9. The fraction of sp³-hybridized carbons (Fsp3) is 0.421. The molecule has 0 atom stereocenters. The summed E-state index contributed by atoms with van der Waals surface area (Å²) in [4.78, 5) is 37.9. The third-order valence-corrected chi connectivity index (χ3v) is 4.81. The highest BCUT2D eigenvalue weighted by atomic mass is 19.1. The molecule has 0 saturated carbocycles. The van der Waals surface area contributed by atoms with Crippen LogP contribution in [0.25, 0.3) is 0 Å². The summed E-state index contributed by atoms with van der Waals surface area (Å²) in [6.45, 7) is 1.51. The topological polar surface area (TPSA) is 85.6 Å². The number of carbonyl (C=O) groups is 1. The summed E-state index contributed by atoms with van der Waals surface area (Å²) in [5.41, 5.74) is -0.973. The Morgan fingerprint density at radius 1 is 1.14 bits per heavy atom. The van der Waals surface area contributed by atoms with Crippen LogP contribution in [0.15, 0.2) is 39.9 Å². The van der Waals surface area contributed by atoms with Gasteiger partial charge in [0.1, 0.15) is 23.5 Å². The third kappa shape index (κ3) is 4.66. The summed E-state index contributed by atoms with van der Waals surface area (Å²) in [5, 5.41) is 2.62. The van der Waals surface area contributed by atoms with Crippen LogP contribution in [0.2, 0.25) is 0 Å². The number of ether oxygens (including phenoxy) is 1. The average molecular weight is 390 g/mol. The quantitative estimate of drug-likeness (QED) is 0.813. The van der Waals surface area contributed by atoms with E-state index in [1.54, 1.807) is 12.1 Å². The smallest absolute Gasteiger partial charge is 0.332 e. The maximum absolute atomic E-state index is 12.9. The number of halogens is 1. The van der Waals surface area contributed by atoms with E-state index in [-0.39, 0.29) is 30.2 Å². The van der Waals surface area contributed by atoms with Crippen molar-refractivity contribution in [2.45, 2.75) is 18.9 Å². The first kappa shape index (κ1) is 19.8. The lowest BCUT2D eigenvalue weighted by atomic mass is 10.1. The van der Waals surface area contributed by atoms with Gasteiger partial charge < -0.3 is 10.1 Å². The van der Waals surface area contributed by atoms with Gasteiger partial charge in [0, 0.05) is 33.3 Å². The highest BCUT2D eigenvalue weighted by Gasteiger charge is 2.22. The van der Waals surface area contributed by atoms with Crippen molar-refractivity contribution in [3.8, 4) is 5.75 Å². The van der Waals surface area contributed by atoms with Crippen LogP contribution in [-0.4, -0.2) is 45.7 Å². The first-order chi connectivity index (χ1) is 13.3. The number of piperidine rings is 1. The van der Waals surface area contributed by atoms with E-state index in [4.69, 9.17) is 4.74 Å². The molecule has 0 radical (unpaired) electrons. The van der Waals surface area contributed by atoms with E-state index >= 15 is 0 Å². The molecule has 0 aliphatic carbocycles. The molecule has 1 saturated heterocycles. The number of likely N-dealkylation sites (tertiary alicyclic amines) is 1. The minimum atomic E-state index is -0.499. The summed E-state index contributed by atoms with van der Waals surface area (Å²) in [6.07, 6.45) is 1.51. The second-order valence-electron chi connectivity index (χ2n) is 6.86. The van der Waals surface area contributed by atoms with Gasteiger partial charge >= 0.3 is 5.69 Å². The molecule has 2 heterocycles. The van der Waals surface area contributed by atoms with Gasteiger partial charge in [0.05, 0.1) is 6.54 Å². The highest BCUT2D eigenvalue weighted by Crippen LogP contribution is 2.19. The van der Waals surface area contributed by atoms with Crippen molar-refractivity contribution in [2.75, 3.05) is 25.0 Å². The predicted molar refractivity (Wildman–Crippen MR) is 102 cm³/mol. The average Bonchev–Trinajstić information content (AvgIpc) is 2.67. The Morgan fingerprint density at radius 3 is 2.43 bits per heavy atom. The Labute approximate surface area is 161 Å². The molecule has 0 unspecified atom stereocenters. The molecule has 28 heavy (non-hydrogen) atoms. The fourth-order valence-electron chi connectivity index (χ4n) is 3.13. The largest absolute Gasteiger partial charge is 0.490 e. The van der Waals surface area contributed by atoms with Crippen LogP contribution in [0.3, 0.4) is 0 Å². The molecule has 1 aliphatic rings. The lowest BCUT2D eigenvalue weighted by Crippen LogP contribution is -2.43. The maximum Gasteiger partial charge on any atom is 0.332 e. The van der Waals surface area contributed by atoms with E-state index in [1.165, 1.54) is 36.9 Å². The number of nitrogens with zero attached hydrogens (tertiary/aromatic N) is 3. The summed E-state index contributed by atoms with van der Waals surface area (Å²) in [6, 6.07) is 7.15. The molecule has 9 heteroatoms. The van der Waals surface area contributed by atoms with Crippen molar-refractivity contribution in [3.05, 3.63) is 57.0 Å². The summed E-state index contributed by atoms with van der Waals surface area (Å²) in [7, 11) is 2.88. The van der Waals surface area contributed by atoms with Gasteiger partial charge in [-0.05, 0) is 37.1 Å². The van der Waals surface area contributed by atoms with Crippen LogP contribution < -0.4 is 21.3 Å². The molecule has 0 spiro atoms. The number of benzene rings is 1. The van der Waals surface area contributed by atoms with Crippen molar-refractivity contribution in [3.63, 3.8) is 0 Å². The predicted octanol–water partition coefficient (Wildman–Crippen LogP) is 0.705. The lowest BCUT2D eigenvalue weighted by molar-refractivity contribution is -0.117. The van der Waals surface area contributed by atoms with Crippen molar-refractivity contribution in [2.24, 2.45) is 14.1 Å². The Bertz CT molecular complexity index is 959. The Balaban J connectivity index is 1.51. The van der Waals surface area contributed by atoms with E-state index in [0.717, 1.165) is 17.4 Å². The number of anilines is 1. The molecule has 1 N–H and O–H groups in total. The first-order valence-corrected chi connectivity index (χ1v) is 9.05. The number of aromatic nitrogens is 2. The zero-order chi connectivity index (χ0) is 20.3. The number of hydrogen-bond acceptors (Lipinski definition) is 5. The molecule has 1 aromatic heterocycles. The van der Waals surface area contributed by atoms with Crippen LogP contribution in [0.4, 0.5) is 10.2 Å². The van der Waals surface area contributed by atoms with E-state index in [2.05, 4.69) is 5.32 Å². The number of hydrogen-bond donors (Lipinski definition) is 1. The van der Waals surface area contributed by atoms with Crippen LogP contribution in [0.5, 0.6) is 5.75 Å². The number of nitrogens with one attached hydrogen (secondary N) is 1. The van der Waals surface area contributed by atoms with E-state index < -0.39 is 11.2 Å². The Morgan fingerprint density at radius 2 is 1.79 bits per heavy atom. The van der Waals surface area contributed by atoms with Gasteiger partial charge in [-0.3, -0.25) is 23.6 Å². The Hall–Kier alpha value is -2.94. The monoisotopic (exact) mass is 390 g/mol. The van der Waals surface area contributed by atoms with Crippen LogP contribution >= 0.6 is 0 Å². The molecule has 1 fully saturated rings. The molecule has 1 aliphatic heterocycles. The summed E-state index contributed by atoms with van der Waals surface area (Å²) >= 11 is 0. The molecule has 1 aromatic carbocycles. The summed E-state index contributed by atoms with van der Waals surface area (Å²) < 4.78 is 21.0. The van der Waals surface area contributed by atoms with Crippen molar-refractivity contribution in [1.29, 1.82) is 0 Å². The van der Waals surface area contributed by atoms with Gasteiger partial charge in [-0.15, -0.1) is 0 Å². The molecule has 0 bridgehead atoms. The Kier molecular flexibility index (Phi) is 5.93. The van der Waals surface area contributed by atoms with Gasteiger partial charge in [-0.1, -0.05) is 0 Å². The van der Waals surface area contributed by atoms with Crippen LogP contribution in [-0.2, 0) is 18.9 Å². The molecule has 3 rings (SSSR count). The van der Waals surface area contributed by atoms with Crippen molar-refractivity contribution >= 4 is 11.7 Å². The normalized spacial score (nSPS) is 15.4. The molecule has 8 nitrogen and oxygen atoms in total. The van der Waals surface area contributed by atoms with Crippen LogP contribution in [0.1, 0.15) is 12.8 Å². The molecule has 150 valence electrons. The molecule has 2 aromatic rings. The van der Waals surface area contributed by atoms with Gasteiger partial charge in [-0.25, -0.2) is 9.18 Å². The zero-order valence-electron chi connectivity index (χ0n) is 15.9. The van der Waals surface area contributed by atoms with E-state index in [1.807, 2.05) is 4.90 Å².